The number of aromatic nitrogens is 3. The summed E-state index contributed by atoms with van der Waals surface area (Å²) in [7, 11) is 1.84. The molecule has 3 heterocycles. The number of nitrogens with one attached hydrogen (secondary N) is 2. The predicted octanol–water partition coefficient (Wildman–Crippen LogP) is 4.05. The van der Waals surface area contributed by atoms with Gasteiger partial charge in [-0.3, -0.25) is 4.79 Å². The number of aliphatic hydroxyl groups is 3. The number of thioether (sulfide) groups is 1. The highest BCUT2D eigenvalue weighted by atomic mass is 32.2. The zero-order valence-electron chi connectivity index (χ0n) is 26.1. The quantitative estimate of drug-likeness (QED) is 0.120. The van der Waals surface area contributed by atoms with Crippen LogP contribution in [0.25, 0.3) is 22.5 Å². The molecule has 1 aliphatic heterocycles. The molecule has 0 amide bonds. The number of carbonyl (C=O) groups excluding carboxylic acids is 1. The van der Waals surface area contributed by atoms with Crippen molar-refractivity contribution in [2.75, 3.05) is 31.3 Å². The van der Waals surface area contributed by atoms with Gasteiger partial charge in [-0.15, -0.1) is 0 Å². The van der Waals surface area contributed by atoms with E-state index in [0.29, 0.717) is 30.2 Å². The molecule has 1 saturated heterocycles. The van der Waals surface area contributed by atoms with Crippen molar-refractivity contribution >= 4 is 23.5 Å². The summed E-state index contributed by atoms with van der Waals surface area (Å²) < 4.78 is 24.2. The molecule has 0 spiro atoms. The molecule has 1 aromatic carbocycles. The second-order valence-electron chi connectivity index (χ2n) is 11.5. The van der Waals surface area contributed by atoms with Gasteiger partial charge in [0.2, 0.25) is 0 Å². The Morgan fingerprint density at radius 1 is 1.27 bits per heavy atom. The molecule has 5 N–H and O–H groups in total. The fourth-order valence-corrected chi connectivity index (χ4v) is 5.85. The van der Waals surface area contributed by atoms with E-state index in [-0.39, 0.29) is 42.8 Å². The topological polar surface area (TPSA) is 153 Å². The van der Waals surface area contributed by atoms with Crippen LogP contribution in [0.15, 0.2) is 47.8 Å². The Labute approximate surface area is 267 Å². The van der Waals surface area contributed by atoms with Crippen molar-refractivity contribution in [1.29, 1.82) is 0 Å². The zero-order valence-corrected chi connectivity index (χ0v) is 27.0. The summed E-state index contributed by atoms with van der Waals surface area (Å²) in [5.74, 6) is 0.193. The van der Waals surface area contributed by atoms with E-state index in [0.717, 1.165) is 29.1 Å². The standard InChI is InChI=1S/C32H44FN5O6S/c1-5-19(2)35-26-16-22(12-13-34-26)29-28(21-8-10-23(33)11-9-21)36-32(37-29)45-18-24(39)17-43-27(40)7-6-14-38(4)25-15-20(3)44-31(42)30(25)41/h8-13,16,19-20,24-25,30-31,39,41-42H,5-7,14-15,17-18H2,1-4H3,(H,34,35)(H,36,37)/t19?,20-,24?,25?,30-,31-/m1/s1. The molecule has 0 bridgehead atoms. The number of hydrogen-bond acceptors (Lipinski definition) is 11. The maximum absolute atomic E-state index is 13.7. The van der Waals surface area contributed by atoms with Crippen LogP contribution in [0.2, 0.25) is 0 Å². The number of ether oxygens (including phenoxy) is 2. The van der Waals surface area contributed by atoms with Crippen LogP contribution in [0, 0.1) is 5.82 Å². The smallest absolute Gasteiger partial charge is 0.305 e. The number of anilines is 1. The first-order valence-corrected chi connectivity index (χ1v) is 16.3. The molecule has 1 aliphatic rings. The number of likely N-dealkylation sites (N-methyl/N-ethyl adjacent to an activating group) is 1. The fourth-order valence-electron chi connectivity index (χ4n) is 5.07. The van der Waals surface area contributed by atoms with Crippen molar-refractivity contribution in [3.05, 3.63) is 48.4 Å². The molecule has 3 aromatic rings. The lowest BCUT2D eigenvalue weighted by Crippen LogP contribution is -2.54. The second kappa shape index (κ2) is 16.5. The molecule has 1 fully saturated rings. The molecule has 13 heteroatoms. The lowest BCUT2D eigenvalue weighted by atomic mass is 9.99. The van der Waals surface area contributed by atoms with Crippen molar-refractivity contribution in [3.8, 4) is 22.5 Å². The van der Waals surface area contributed by atoms with E-state index in [1.54, 1.807) is 18.3 Å². The van der Waals surface area contributed by atoms with Gasteiger partial charge in [-0.1, -0.05) is 18.7 Å². The Morgan fingerprint density at radius 3 is 2.76 bits per heavy atom. The highest BCUT2D eigenvalue weighted by molar-refractivity contribution is 7.99. The minimum atomic E-state index is -1.23. The van der Waals surface area contributed by atoms with E-state index in [2.05, 4.69) is 29.1 Å². The number of benzene rings is 1. The van der Waals surface area contributed by atoms with E-state index in [1.807, 2.05) is 31.0 Å². The fraction of sp³-hybridized carbons (Fsp3) is 0.531. The maximum Gasteiger partial charge on any atom is 0.305 e. The van der Waals surface area contributed by atoms with Crippen molar-refractivity contribution < 1.29 is 34.0 Å². The number of H-pyrrole nitrogens is 1. The number of aliphatic hydroxyl groups excluding tert-OH is 3. The molecule has 11 nitrogen and oxygen atoms in total. The number of aromatic amines is 1. The average molecular weight is 646 g/mol. The van der Waals surface area contributed by atoms with Crippen molar-refractivity contribution in [1.82, 2.24) is 19.9 Å². The van der Waals surface area contributed by atoms with Crippen LogP contribution >= 0.6 is 11.8 Å². The van der Waals surface area contributed by atoms with Crippen molar-refractivity contribution in [3.63, 3.8) is 0 Å². The van der Waals surface area contributed by atoms with Gasteiger partial charge in [0.05, 0.1) is 23.6 Å². The summed E-state index contributed by atoms with van der Waals surface area (Å²) in [6.45, 7) is 6.39. The van der Waals surface area contributed by atoms with Gasteiger partial charge < -0.3 is 40.0 Å². The van der Waals surface area contributed by atoms with Crippen LogP contribution < -0.4 is 5.32 Å². The summed E-state index contributed by atoms with van der Waals surface area (Å²) >= 11 is 1.29. The SMILES string of the molecule is CCC(C)Nc1cc(-c2[nH]c(SCC(O)COC(=O)CCCN(C)C3C[C@@H](C)O[C@@H](O)[C@@H]3O)nc2-c2ccc(F)cc2)ccn1. The molecule has 4 rings (SSSR count). The van der Waals surface area contributed by atoms with Gasteiger partial charge in [-0.05, 0) is 83.1 Å². The number of imidazole rings is 1. The lowest BCUT2D eigenvalue weighted by molar-refractivity contribution is -0.231. The summed E-state index contributed by atoms with van der Waals surface area (Å²) in [5.41, 5.74) is 2.97. The minimum absolute atomic E-state index is 0.155. The summed E-state index contributed by atoms with van der Waals surface area (Å²) in [6, 6.07) is 9.90. The van der Waals surface area contributed by atoms with Crippen LogP contribution in [0.4, 0.5) is 10.2 Å². The second-order valence-corrected chi connectivity index (χ2v) is 12.5. The zero-order chi connectivity index (χ0) is 32.5. The van der Waals surface area contributed by atoms with Gasteiger partial charge >= 0.3 is 5.97 Å². The third-order valence-electron chi connectivity index (χ3n) is 7.79. The van der Waals surface area contributed by atoms with Gasteiger partial charge in [-0.25, -0.2) is 14.4 Å². The Balaban J connectivity index is 1.30. The third kappa shape index (κ3) is 9.96. The molecule has 45 heavy (non-hydrogen) atoms. The number of pyridine rings is 1. The van der Waals surface area contributed by atoms with Crippen LogP contribution in [-0.4, -0.2) is 104 Å². The van der Waals surface area contributed by atoms with Gasteiger partial charge in [0.15, 0.2) is 11.4 Å². The molecular weight excluding hydrogens is 601 g/mol. The van der Waals surface area contributed by atoms with Gasteiger partial charge in [0, 0.05) is 41.6 Å². The summed E-state index contributed by atoms with van der Waals surface area (Å²) in [6.07, 6.45) is 0.551. The van der Waals surface area contributed by atoms with Crippen LogP contribution in [0.5, 0.6) is 0 Å². The van der Waals surface area contributed by atoms with Gasteiger partial charge in [0.1, 0.15) is 24.3 Å². The lowest BCUT2D eigenvalue weighted by Gasteiger charge is -2.40. The molecule has 246 valence electrons. The normalized spacial score (nSPS) is 21.4. The molecule has 6 atom stereocenters. The first-order chi connectivity index (χ1) is 21.5. The third-order valence-corrected chi connectivity index (χ3v) is 8.81. The highest BCUT2D eigenvalue weighted by Crippen LogP contribution is 2.34. The monoisotopic (exact) mass is 645 g/mol. The van der Waals surface area contributed by atoms with Crippen LogP contribution in [0.3, 0.4) is 0 Å². The van der Waals surface area contributed by atoms with E-state index < -0.39 is 24.5 Å². The van der Waals surface area contributed by atoms with E-state index in [1.165, 1.54) is 23.9 Å². The van der Waals surface area contributed by atoms with Crippen molar-refractivity contribution in [2.24, 2.45) is 0 Å². The largest absolute Gasteiger partial charge is 0.463 e. The molecule has 0 aliphatic carbocycles. The number of esters is 1. The number of rotatable bonds is 15. The molecule has 0 radical (unpaired) electrons. The van der Waals surface area contributed by atoms with Crippen LogP contribution in [-0.2, 0) is 14.3 Å². The van der Waals surface area contributed by atoms with Crippen LogP contribution in [0.1, 0.15) is 46.5 Å². The highest BCUT2D eigenvalue weighted by Gasteiger charge is 2.37. The van der Waals surface area contributed by atoms with Gasteiger partial charge in [0.25, 0.3) is 0 Å². The minimum Gasteiger partial charge on any atom is -0.463 e. The number of halogens is 1. The summed E-state index contributed by atoms with van der Waals surface area (Å²) in [4.78, 5) is 26.8. The molecule has 2 aromatic heterocycles. The predicted molar refractivity (Wildman–Crippen MR) is 171 cm³/mol. The first kappa shape index (κ1) is 34.8. The number of nitrogens with zero attached hydrogens (tertiary/aromatic N) is 3. The van der Waals surface area contributed by atoms with Crippen molar-refractivity contribution in [2.45, 2.75) is 88.3 Å². The first-order valence-electron chi connectivity index (χ1n) is 15.3. The number of hydrogen-bond donors (Lipinski definition) is 5. The maximum atomic E-state index is 13.7. The Kier molecular flexibility index (Phi) is 12.7. The van der Waals surface area contributed by atoms with E-state index in [9.17, 15) is 24.5 Å². The Hall–Kier alpha value is -3.07. The Bertz CT molecular complexity index is 1380. The summed E-state index contributed by atoms with van der Waals surface area (Å²) in [5, 5.41) is 34.6. The molecule has 0 saturated carbocycles. The molecule has 3 unspecified atom stereocenters. The van der Waals surface area contributed by atoms with E-state index >= 15 is 0 Å². The Morgan fingerprint density at radius 2 is 2.02 bits per heavy atom. The number of carbonyl (C=O) groups is 1. The molecular formula is C32H44FN5O6S. The van der Waals surface area contributed by atoms with E-state index in [4.69, 9.17) is 14.5 Å². The van der Waals surface area contributed by atoms with Gasteiger partial charge in [-0.2, -0.15) is 0 Å². The average Bonchev–Trinajstić information content (AvgIpc) is 3.45.